The Kier molecular flexibility index (Phi) is 9.49. The summed E-state index contributed by atoms with van der Waals surface area (Å²) in [6, 6.07) is 15.0. The molecule has 3 fully saturated rings. The Bertz CT molecular complexity index is 1580. The first-order valence-electron chi connectivity index (χ1n) is 17.7. The van der Waals surface area contributed by atoms with Gasteiger partial charge in [0.1, 0.15) is 0 Å². The van der Waals surface area contributed by atoms with Crippen molar-refractivity contribution < 1.29 is 14.4 Å². The Balaban J connectivity index is 1.00. The molecule has 1 atom stereocenters. The third kappa shape index (κ3) is 7.04. The number of hydrogen-bond acceptors (Lipinski definition) is 5. The highest BCUT2D eigenvalue weighted by molar-refractivity contribution is 5.91. The van der Waals surface area contributed by atoms with E-state index >= 15 is 0 Å². The number of benzene rings is 2. The molecule has 0 saturated carbocycles. The lowest BCUT2D eigenvalue weighted by molar-refractivity contribution is -0.143. The standard InChI is InChI=1S/C37H49N7O3/c1-26-22-27(23-29-6-12-39-35(26)29)24-30(36(46)43-17-8-31(9-18-43)41-20-13-38-14-21-41)25-34(45)42-15-10-32(11-16-42)44-19-7-28-4-2-3-5-33(28)40-37(44)47/h2-6,12,22-23,30-32,38-39H,7-11,13-21,24-25H2,1H3,(H,40,47). The molecule has 0 spiro atoms. The van der Waals surface area contributed by atoms with Gasteiger partial charge in [0.05, 0.1) is 5.92 Å². The Morgan fingerprint density at radius 3 is 2.38 bits per heavy atom. The molecule has 1 unspecified atom stereocenters. The van der Waals surface area contributed by atoms with E-state index in [-0.39, 0.29) is 30.3 Å². The highest BCUT2D eigenvalue weighted by Gasteiger charge is 2.35. The van der Waals surface area contributed by atoms with E-state index in [4.69, 9.17) is 0 Å². The van der Waals surface area contributed by atoms with Gasteiger partial charge < -0.3 is 30.3 Å². The SMILES string of the molecule is Cc1cc(CC(CC(=O)N2CCC(N3CCc4ccccc4NC3=O)CC2)C(=O)N2CCC(N3CCNCC3)CC2)cc2cc[nH]c12. The van der Waals surface area contributed by atoms with Gasteiger partial charge in [0.15, 0.2) is 0 Å². The highest BCUT2D eigenvalue weighted by Crippen LogP contribution is 2.28. The smallest absolute Gasteiger partial charge is 0.322 e. The van der Waals surface area contributed by atoms with Crippen LogP contribution in [-0.2, 0) is 22.4 Å². The zero-order valence-electron chi connectivity index (χ0n) is 27.7. The van der Waals surface area contributed by atoms with E-state index in [1.165, 1.54) is 0 Å². The maximum atomic E-state index is 14.2. The van der Waals surface area contributed by atoms with Crippen LogP contribution in [0.3, 0.4) is 0 Å². The van der Waals surface area contributed by atoms with Crippen LogP contribution in [0.25, 0.3) is 10.9 Å². The van der Waals surface area contributed by atoms with Crippen molar-refractivity contribution in [2.45, 2.75) is 64.0 Å². The number of carbonyl (C=O) groups excluding carboxylic acids is 3. The molecular weight excluding hydrogens is 590 g/mol. The fraction of sp³-hybridized carbons (Fsp3) is 0.541. The number of carbonyl (C=O) groups is 3. The molecular formula is C37H49N7O3. The minimum absolute atomic E-state index is 0.0460. The second kappa shape index (κ2) is 14.1. The van der Waals surface area contributed by atoms with Crippen LogP contribution >= 0.6 is 0 Å². The van der Waals surface area contributed by atoms with Crippen molar-refractivity contribution in [1.29, 1.82) is 0 Å². The lowest BCUT2D eigenvalue weighted by Crippen LogP contribution is -2.53. The van der Waals surface area contributed by atoms with Crippen LogP contribution in [0, 0.1) is 12.8 Å². The van der Waals surface area contributed by atoms with E-state index in [0.717, 1.165) is 105 Å². The number of nitrogens with zero attached hydrogens (tertiary/aromatic N) is 4. The van der Waals surface area contributed by atoms with Gasteiger partial charge in [-0.1, -0.05) is 24.3 Å². The van der Waals surface area contributed by atoms with E-state index in [1.807, 2.05) is 39.1 Å². The summed E-state index contributed by atoms with van der Waals surface area (Å²) in [5.74, 6) is -0.245. The maximum Gasteiger partial charge on any atom is 0.322 e. The predicted molar refractivity (Wildman–Crippen MR) is 184 cm³/mol. The Morgan fingerprint density at radius 2 is 1.60 bits per heavy atom. The molecule has 0 bridgehead atoms. The first kappa shape index (κ1) is 31.7. The third-order valence-corrected chi connectivity index (χ3v) is 11.0. The van der Waals surface area contributed by atoms with Crippen LogP contribution in [0.4, 0.5) is 10.5 Å². The number of piperazine rings is 1. The van der Waals surface area contributed by atoms with Gasteiger partial charge >= 0.3 is 6.03 Å². The molecule has 5 heterocycles. The van der Waals surface area contributed by atoms with Crippen LogP contribution in [0.5, 0.6) is 0 Å². The number of H-pyrrole nitrogens is 1. The summed E-state index contributed by atoms with van der Waals surface area (Å²) < 4.78 is 0. The number of aromatic amines is 1. The molecule has 0 radical (unpaired) electrons. The second-order valence-corrected chi connectivity index (χ2v) is 13.9. The first-order valence-corrected chi connectivity index (χ1v) is 17.7. The van der Waals surface area contributed by atoms with Crippen molar-refractivity contribution in [2.75, 3.05) is 64.2 Å². The molecule has 3 N–H and O–H groups in total. The molecule has 2 aromatic carbocycles. The average molecular weight is 640 g/mol. The van der Waals surface area contributed by atoms with Crippen LogP contribution in [0.2, 0.25) is 0 Å². The van der Waals surface area contributed by atoms with Gasteiger partial charge in [-0.25, -0.2) is 4.79 Å². The summed E-state index contributed by atoms with van der Waals surface area (Å²) in [5, 5.41) is 7.66. The normalized spacial score (nSPS) is 21.0. The van der Waals surface area contributed by atoms with Gasteiger partial charge in [-0.2, -0.15) is 0 Å². The zero-order chi connectivity index (χ0) is 32.3. The van der Waals surface area contributed by atoms with Crippen molar-refractivity contribution in [3.63, 3.8) is 0 Å². The number of likely N-dealkylation sites (tertiary alicyclic amines) is 2. The fourth-order valence-electron chi connectivity index (χ4n) is 8.35. The number of hydrogen-bond donors (Lipinski definition) is 3. The summed E-state index contributed by atoms with van der Waals surface area (Å²) in [4.78, 5) is 53.0. The predicted octanol–water partition coefficient (Wildman–Crippen LogP) is 4.00. The van der Waals surface area contributed by atoms with E-state index < -0.39 is 5.92 Å². The number of anilines is 1. The molecule has 4 aliphatic heterocycles. The topological polar surface area (TPSA) is 104 Å². The molecule has 4 aliphatic rings. The number of aryl methyl sites for hydroxylation is 1. The zero-order valence-corrected chi connectivity index (χ0v) is 27.7. The summed E-state index contributed by atoms with van der Waals surface area (Å²) >= 11 is 0. The van der Waals surface area contributed by atoms with Crippen molar-refractivity contribution in [3.05, 3.63) is 65.4 Å². The molecule has 10 nitrogen and oxygen atoms in total. The molecule has 250 valence electrons. The summed E-state index contributed by atoms with van der Waals surface area (Å²) in [6.45, 7) is 9.69. The van der Waals surface area contributed by atoms with Crippen molar-refractivity contribution in [3.8, 4) is 0 Å². The lowest BCUT2D eigenvalue weighted by Gasteiger charge is -2.41. The Morgan fingerprint density at radius 1 is 0.872 bits per heavy atom. The molecule has 4 amide bonds. The number of urea groups is 1. The van der Waals surface area contributed by atoms with Gasteiger partial charge in [0.25, 0.3) is 0 Å². The van der Waals surface area contributed by atoms with Gasteiger partial charge in [-0.15, -0.1) is 0 Å². The lowest BCUT2D eigenvalue weighted by atomic mass is 9.91. The first-order chi connectivity index (χ1) is 22.9. The number of rotatable bonds is 7. The van der Waals surface area contributed by atoms with Gasteiger partial charge in [-0.05, 0) is 85.7 Å². The molecule has 3 saturated heterocycles. The van der Waals surface area contributed by atoms with E-state index in [2.05, 4.69) is 51.7 Å². The number of aromatic nitrogens is 1. The number of fused-ring (bicyclic) bond motifs is 2. The van der Waals surface area contributed by atoms with Gasteiger partial charge in [0, 0.05) is 94.8 Å². The van der Waals surface area contributed by atoms with Crippen molar-refractivity contribution in [2.24, 2.45) is 5.92 Å². The number of piperidine rings is 2. The molecule has 1 aromatic heterocycles. The van der Waals surface area contributed by atoms with Crippen LogP contribution in [-0.4, -0.2) is 113 Å². The van der Waals surface area contributed by atoms with Crippen LogP contribution < -0.4 is 10.6 Å². The number of nitrogens with one attached hydrogen (secondary N) is 3. The minimum Gasteiger partial charge on any atom is -0.361 e. The Hall–Kier alpha value is -3.89. The molecule has 47 heavy (non-hydrogen) atoms. The van der Waals surface area contributed by atoms with Crippen LogP contribution in [0.15, 0.2) is 48.7 Å². The van der Waals surface area contributed by atoms with E-state index in [0.29, 0.717) is 32.1 Å². The minimum atomic E-state index is -0.401. The van der Waals surface area contributed by atoms with Crippen molar-refractivity contribution in [1.82, 2.24) is 29.9 Å². The maximum absolute atomic E-state index is 14.2. The number of amides is 4. The van der Waals surface area contributed by atoms with Crippen molar-refractivity contribution >= 4 is 34.4 Å². The van der Waals surface area contributed by atoms with E-state index in [9.17, 15) is 14.4 Å². The molecule has 7 rings (SSSR count). The third-order valence-electron chi connectivity index (χ3n) is 11.0. The Labute approximate surface area is 277 Å². The number of para-hydroxylation sites is 1. The molecule has 0 aliphatic carbocycles. The average Bonchev–Trinajstić information content (AvgIpc) is 3.52. The summed E-state index contributed by atoms with van der Waals surface area (Å²) in [5.41, 5.74) is 5.42. The fourth-order valence-corrected chi connectivity index (χ4v) is 8.35. The quantitative estimate of drug-likeness (QED) is 0.363. The highest BCUT2D eigenvalue weighted by atomic mass is 16.2. The largest absolute Gasteiger partial charge is 0.361 e. The molecule has 10 heteroatoms. The summed E-state index contributed by atoms with van der Waals surface area (Å²) in [7, 11) is 0. The monoisotopic (exact) mass is 639 g/mol. The van der Waals surface area contributed by atoms with Gasteiger partial charge in [0.2, 0.25) is 11.8 Å². The van der Waals surface area contributed by atoms with Gasteiger partial charge in [-0.3, -0.25) is 14.5 Å². The van der Waals surface area contributed by atoms with Crippen LogP contribution in [0.1, 0.15) is 48.8 Å². The van der Waals surface area contributed by atoms with E-state index in [1.54, 1.807) is 0 Å². The summed E-state index contributed by atoms with van der Waals surface area (Å²) in [6.07, 6.45) is 7.01. The molecule has 3 aromatic rings. The second-order valence-electron chi connectivity index (χ2n) is 13.9.